The molecule has 0 bridgehead atoms. The summed E-state index contributed by atoms with van der Waals surface area (Å²) >= 11 is 6.01. The molecular weight excluding hydrogens is 372 g/mol. The van der Waals surface area contributed by atoms with Gasteiger partial charge in [0.2, 0.25) is 5.91 Å². The van der Waals surface area contributed by atoms with Crippen molar-refractivity contribution in [1.82, 2.24) is 5.32 Å². The summed E-state index contributed by atoms with van der Waals surface area (Å²) in [5.74, 6) is 0.0727. The minimum atomic E-state index is -0.0920. The maximum absolute atomic E-state index is 12.4. The van der Waals surface area contributed by atoms with Crippen molar-refractivity contribution in [3.05, 3.63) is 65.2 Å². The highest BCUT2D eigenvalue weighted by Crippen LogP contribution is 2.30. The van der Waals surface area contributed by atoms with Gasteiger partial charge < -0.3 is 5.32 Å². The lowest BCUT2D eigenvalue weighted by Gasteiger charge is -2.23. The van der Waals surface area contributed by atoms with Gasteiger partial charge >= 0.3 is 0 Å². The molecule has 2 aromatic carbocycles. The molecule has 2 aromatic rings. The molecule has 4 nitrogen and oxygen atoms in total. The topological polar surface area (TPSA) is 49.4 Å². The second-order valence-electron chi connectivity index (χ2n) is 7.24. The predicted octanol–water partition coefficient (Wildman–Crippen LogP) is 4.70. The molecule has 0 saturated carbocycles. The number of Topliss-reactive ketones (excluding diaryl/α,β-unsaturated/α-hetero) is 1. The molecule has 3 rings (SSSR count). The summed E-state index contributed by atoms with van der Waals surface area (Å²) in [5.41, 5.74) is 3.76. The summed E-state index contributed by atoms with van der Waals surface area (Å²) in [6.45, 7) is 1.97. The molecule has 0 atom stereocenters. The van der Waals surface area contributed by atoms with Gasteiger partial charge in [0.15, 0.2) is 5.78 Å². The van der Waals surface area contributed by atoms with E-state index in [0.29, 0.717) is 24.9 Å². The number of hydrogen-bond donors (Lipinski definition) is 1. The molecule has 0 radical (unpaired) electrons. The van der Waals surface area contributed by atoms with Crippen LogP contribution in [0, 0.1) is 0 Å². The lowest BCUT2D eigenvalue weighted by molar-refractivity contribution is -0.117. The number of hydrogen-bond acceptors (Lipinski definition) is 3. The average Bonchev–Trinajstić information content (AvgIpc) is 2.73. The van der Waals surface area contributed by atoms with Crippen LogP contribution < -0.4 is 9.74 Å². The van der Waals surface area contributed by atoms with Crippen molar-refractivity contribution in [2.75, 3.05) is 17.5 Å². The summed E-state index contributed by atoms with van der Waals surface area (Å²) in [7, 11) is 0. The Morgan fingerprint density at radius 3 is 2.64 bits per heavy atom. The number of amides is 1. The van der Waals surface area contributed by atoms with Crippen LogP contribution in [0.15, 0.2) is 48.5 Å². The number of unbranched alkanes of at least 4 members (excludes halogenated alkanes) is 2. The quantitative estimate of drug-likeness (QED) is 0.358. The molecular formula is C23H27ClN2O2. The first-order valence-corrected chi connectivity index (χ1v) is 10.4. The number of carbonyl (C=O) groups excluding carboxylic acids is 2. The van der Waals surface area contributed by atoms with Gasteiger partial charge in [-0.25, -0.2) is 4.42 Å². The monoisotopic (exact) mass is 398 g/mol. The first kappa shape index (κ1) is 20.6. The fourth-order valence-electron chi connectivity index (χ4n) is 3.48. The second kappa shape index (κ2) is 10.4. The Labute approximate surface area is 172 Å². The Morgan fingerprint density at radius 2 is 1.82 bits per heavy atom. The van der Waals surface area contributed by atoms with E-state index in [4.69, 9.17) is 11.8 Å². The number of fused-ring (bicyclic) bond motifs is 1. The Kier molecular flexibility index (Phi) is 7.63. The summed E-state index contributed by atoms with van der Waals surface area (Å²) < 4.78 is 1.16. The van der Waals surface area contributed by atoms with Gasteiger partial charge in [-0.3, -0.25) is 9.59 Å². The Hall–Kier alpha value is -2.17. The van der Waals surface area contributed by atoms with Gasteiger partial charge in [-0.05, 0) is 68.1 Å². The van der Waals surface area contributed by atoms with Gasteiger partial charge in [-0.15, -0.1) is 0 Å². The molecule has 0 fully saturated rings. The molecule has 1 heterocycles. The second-order valence-corrected chi connectivity index (χ2v) is 7.58. The summed E-state index contributed by atoms with van der Waals surface area (Å²) in [4.78, 5) is 24.1. The van der Waals surface area contributed by atoms with Crippen LogP contribution in [0.1, 0.15) is 53.6 Å². The molecule has 0 spiro atoms. The van der Waals surface area contributed by atoms with Crippen LogP contribution in [0.2, 0.25) is 0 Å². The minimum absolute atomic E-state index is 0.0920. The van der Waals surface area contributed by atoms with Crippen LogP contribution in [0.25, 0.3) is 0 Å². The SMILES string of the molecule is O=C(CCCCCNCCc1ccccc1)c1ccc2c(c1)CCC(=O)N2Cl. The fraction of sp³-hybridized carbons (Fsp3) is 0.391. The highest BCUT2D eigenvalue weighted by molar-refractivity contribution is 6.37. The van der Waals surface area contributed by atoms with E-state index in [-0.39, 0.29) is 11.7 Å². The van der Waals surface area contributed by atoms with E-state index in [2.05, 4.69) is 29.6 Å². The van der Waals surface area contributed by atoms with E-state index < -0.39 is 0 Å². The third-order valence-corrected chi connectivity index (χ3v) is 5.50. The number of nitrogens with one attached hydrogen (secondary N) is 1. The lowest BCUT2D eigenvalue weighted by atomic mass is 9.97. The number of rotatable bonds is 10. The largest absolute Gasteiger partial charge is 0.316 e. The van der Waals surface area contributed by atoms with Crippen molar-refractivity contribution in [1.29, 1.82) is 0 Å². The van der Waals surface area contributed by atoms with Crippen LogP contribution in [0.3, 0.4) is 0 Å². The maximum Gasteiger partial charge on any atom is 0.241 e. The Balaban J connectivity index is 1.32. The van der Waals surface area contributed by atoms with Crippen LogP contribution in [0.4, 0.5) is 5.69 Å². The zero-order valence-electron chi connectivity index (χ0n) is 16.1. The Bertz CT molecular complexity index is 808. The van der Waals surface area contributed by atoms with E-state index in [1.165, 1.54) is 5.56 Å². The summed E-state index contributed by atoms with van der Waals surface area (Å²) in [6.07, 6.45) is 5.67. The van der Waals surface area contributed by atoms with E-state index in [1.807, 2.05) is 12.1 Å². The molecule has 148 valence electrons. The van der Waals surface area contributed by atoms with E-state index >= 15 is 0 Å². The number of halogens is 1. The highest BCUT2D eigenvalue weighted by atomic mass is 35.5. The molecule has 1 amide bonds. The number of nitrogens with zero attached hydrogens (tertiary/aromatic N) is 1. The van der Waals surface area contributed by atoms with Crippen molar-refractivity contribution < 1.29 is 9.59 Å². The van der Waals surface area contributed by atoms with E-state index in [9.17, 15) is 9.59 Å². The van der Waals surface area contributed by atoms with Gasteiger partial charge in [0.25, 0.3) is 0 Å². The van der Waals surface area contributed by atoms with E-state index in [0.717, 1.165) is 54.3 Å². The van der Waals surface area contributed by atoms with Crippen LogP contribution >= 0.6 is 11.8 Å². The van der Waals surface area contributed by atoms with Crippen molar-refractivity contribution in [3.63, 3.8) is 0 Å². The third kappa shape index (κ3) is 5.66. The van der Waals surface area contributed by atoms with Gasteiger partial charge in [0.1, 0.15) is 0 Å². The first-order chi connectivity index (χ1) is 13.6. The number of aryl methyl sites for hydroxylation is 1. The van der Waals surface area contributed by atoms with Crippen molar-refractivity contribution >= 4 is 29.2 Å². The first-order valence-electron chi connectivity index (χ1n) is 10.0. The number of ketones is 1. The van der Waals surface area contributed by atoms with Gasteiger partial charge in [-0.2, -0.15) is 0 Å². The predicted molar refractivity (Wildman–Crippen MR) is 114 cm³/mol. The summed E-state index contributed by atoms with van der Waals surface area (Å²) in [6, 6.07) is 15.9. The van der Waals surface area contributed by atoms with Gasteiger partial charge in [-0.1, -0.05) is 36.8 Å². The van der Waals surface area contributed by atoms with Gasteiger partial charge in [0, 0.05) is 30.2 Å². The highest BCUT2D eigenvalue weighted by Gasteiger charge is 2.23. The standard InChI is InChI=1S/C23H27ClN2O2/c24-26-21-12-10-20(17-19(21)11-13-23(26)28)22(27)9-5-2-6-15-25-16-14-18-7-3-1-4-8-18/h1,3-4,7-8,10,12,17,25H,2,5-6,9,11,13-16H2. The minimum Gasteiger partial charge on any atom is -0.316 e. The van der Waals surface area contributed by atoms with E-state index in [1.54, 1.807) is 12.1 Å². The number of benzene rings is 2. The Morgan fingerprint density at radius 1 is 1.00 bits per heavy atom. The van der Waals surface area contributed by atoms with Crippen LogP contribution in [-0.4, -0.2) is 24.8 Å². The van der Waals surface area contributed by atoms with Crippen molar-refractivity contribution in [3.8, 4) is 0 Å². The molecule has 5 heteroatoms. The molecule has 0 aliphatic carbocycles. The molecule has 0 aromatic heterocycles. The fourth-order valence-corrected chi connectivity index (χ4v) is 3.73. The van der Waals surface area contributed by atoms with Crippen molar-refractivity contribution in [2.45, 2.75) is 44.9 Å². The number of anilines is 1. The molecule has 1 aliphatic rings. The smallest absolute Gasteiger partial charge is 0.241 e. The van der Waals surface area contributed by atoms with Crippen LogP contribution in [-0.2, 0) is 17.6 Å². The summed E-state index contributed by atoms with van der Waals surface area (Å²) in [5, 5.41) is 3.47. The molecule has 1 N–H and O–H groups in total. The average molecular weight is 399 g/mol. The van der Waals surface area contributed by atoms with Crippen molar-refractivity contribution in [2.24, 2.45) is 0 Å². The molecule has 28 heavy (non-hydrogen) atoms. The zero-order valence-corrected chi connectivity index (χ0v) is 16.9. The number of carbonyl (C=O) groups is 2. The normalized spacial score (nSPS) is 13.5. The lowest BCUT2D eigenvalue weighted by Crippen LogP contribution is -2.26. The third-order valence-electron chi connectivity index (χ3n) is 5.13. The molecule has 0 saturated heterocycles. The maximum atomic E-state index is 12.4. The molecule has 0 unspecified atom stereocenters. The zero-order chi connectivity index (χ0) is 19.8. The van der Waals surface area contributed by atoms with Gasteiger partial charge in [0.05, 0.1) is 5.69 Å². The van der Waals surface area contributed by atoms with Crippen LogP contribution in [0.5, 0.6) is 0 Å². The molecule has 1 aliphatic heterocycles.